The van der Waals surface area contributed by atoms with Crippen LogP contribution >= 0.6 is 0 Å². The summed E-state index contributed by atoms with van der Waals surface area (Å²) in [6, 6.07) is 9.51. The smallest absolute Gasteiger partial charge is 0.418 e. The number of nitrogens with zero attached hydrogens (tertiary/aromatic N) is 1. The Morgan fingerprint density at radius 2 is 1.61 bits per heavy atom. The molecule has 1 aromatic heterocycles. The fraction of sp³-hybridized carbons (Fsp3) is 0.273. The van der Waals surface area contributed by atoms with E-state index in [1.54, 1.807) is 12.1 Å². The molecule has 0 radical (unpaired) electrons. The van der Waals surface area contributed by atoms with Crippen molar-refractivity contribution >= 4 is 0 Å². The summed E-state index contributed by atoms with van der Waals surface area (Å²) in [5, 5.41) is 18.0. The lowest BCUT2D eigenvalue weighted by molar-refractivity contribution is -0.138. The third kappa shape index (κ3) is 5.05. The molecule has 1 heterocycles. The Morgan fingerprint density at radius 3 is 2.23 bits per heavy atom. The Bertz CT molecular complexity index is 1030. The number of rotatable bonds is 8. The highest BCUT2D eigenvalue weighted by molar-refractivity contribution is 5.41. The molecule has 166 valence electrons. The molecular formula is C22H20F5NO3. The minimum atomic E-state index is -4.67. The maximum Gasteiger partial charge on any atom is 0.418 e. The van der Waals surface area contributed by atoms with Crippen LogP contribution in [0.4, 0.5) is 22.0 Å². The maximum absolute atomic E-state index is 14.3. The molecule has 0 bridgehead atoms. The maximum atomic E-state index is 14.3. The number of benzene rings is 2. The van der Waals surface area contributed by atoms with Crippen LogP contribution < -0.4 is 4.74 Å². The minimum Gasteiger partial charge on any atom is -0.484 e. The summed E-state index contributed by atoms with van der Waals surface area (Å²) in [5.74, 6) is -2.96. The van der Waals surface area contributed by atoms with Crippen LogP contribution in [-0.4, -0.2) is 21.4 Å². The molecule has 0 amide bonds. The molecule has 0 atom stereocenters. The number of aromatic nitrogens is 1. The third-order valence-corrected chi connectivity index (χ3v) is 4.79. The molecule has 31 heavy (non-hydrogen) atoms. The van der Waals surface area contributed by atoms with Crippen molar-refractivity contribution < 1.29 is 36.9 Å². The van der Waals surface area contributed by atoms with Crippen molar-refractivity contribution in [3.05, 3.63) is 82.7 Å². The van der Waals surface area contributed by atoms with Gasteiger partial charge in [0.1, 0.15) is 6.61 Å². The highest BCUT2D eigenvalue weighted by atomic mass is 19.4. The Labute approximate surface area is 175 Å². The first-order valence-corrected chi connectivity index (χ1v) is 9.44. The highest BCUT2D eigenvalue weighted by Crippen LogP contribution is 2.35. The van der Waals surface area contributed by atoms with Gasteiger partial charge in [-0.2, -0.15) is 17.6 Å². The summed E-state index contributed by atoms with van der Waals surface area (Å²) >= 11 is 0. The SMILES string of the molecule is OCCCc1ccc(OCc2c(C(F)(F)F)ccn2-c2ccc(CO)cc2)c(F)c1F. The van der Waals surface area contributed by atoms with Gasteiger partial charge in [-0.1, -0.05) is 18.2 Å². The van der Waals surface area contributed by atoms with Gasteiger partial charge in [0, 0.05) is 18.5 Å². The van der Waals surface area contributed by atoms with Crippen LogP contribution in [0.15, 0.2) is 48.7 Å². The monoisotopic (exact) mass is 441 g/mol. The molecule has 0 unspecified atom stereocenters. The van der Waals surface area contributed by atoms with E-state index < -0.39 is 35.7 Å². The molecule has 2 aromatic carbocycles. The quantitative estimate of drug-likeness (QED) is 0.495. The average Bonchev–Trinajstić information content (AvgIpc) is 3.18. The molecule has 3 rings (SSSR count). The number of aryl methyl sites for hydroxylation is 1. The number of aliphatic hydroxyl groups is 2. The zero-order valence-electron chi connectivity index (χ0n) is 16.3. The highest BCUT2D eigenvalue weighted by Gasteiger charge is 2.35. The Balaban J connectivity index is 1.91. The van der Waals surface area contributed by atoms with Crippen molar-refractivity contribution in [3.8, 4) is 11.4 Å². The largest absolute Gasteiger partial charge is 0.484 e. The number of aliphatic hydroxyl groups excluding tert-OH is 2. The second kappa shape index (κ2) is 9.49. The van der Waals surface area contributed by atoms with Gasteiger partial charge < -0.3 is 19.5 Å². The van der Waals surface area contributed by atoms with Crippen LogP contribution in [0.2, 0.25) is 0 Å². The van der Waals surface area contributed by atoms with Crippen LogP contribution in [-0.2, 0) is 25.8 Å². The van der Waals surface area contributed by atoms with Gasteiger partial charge in [0.05, 0.1) is 17.9 Å². The van der Waals surface area contributed by atoms with E-state index in [0.717, 1.165) is 12.1 Å². The van der Waals surface area contributed by atoms with Crippen LogP contribution in [0.3, 0.4) is 0 Å². The zero-order chi connectivity index (χ0) is 22.6. The Hall–Kier alpha value is -2.91. The number of hydrogen-bond acceptors (Lipinski definition) is 3. The number of halogens is 5. The van der Waals surface area contributed by atoms with E-state index in [2.05, 4.69) is 0 Å². The first kappa shape index (κ1) is 22.8. The lowest BCUT2D eigenvalue weighted by Gasteiger charge is -2.15. The number of alkyl halides is 3. The fourth-order valence-electron chi connectivity index (χ4n) is 3.17. The van der Waals surface area contributed by atoms with Crippen molar-refractivity contribution in [1.82, 2.24) is 4.57 Å². The molecule has 9 heteroatoms. The summed E-state index contributed by atoms with van der Waals surface area (Å²) in [5.41, 5.74) is -0.226. The molecule has 2 N–H and O–H groups in total. The second-order valence-corrected chi connectivity index (χ2v) is 6.84. The van der Waals surface area contributed by atoms with E-state index >= 15 is 0 Å². The van der Waals surface area contributed by atoms with Crippen LogP contribution in [0.25, 0.3) is 5.69 Å². The predicted octanol–water partition coefficient (Wildman–Crippen LogP) is 4.77. The summed E-state index contributed by atoms with van der Waals surface area (Å²) in [6.45, 7) is -1.05. The Morgan fingerprint density at radius 1 is 0.903 bits per heavy atom. The van der Waals surface area contributed by atoms with Crippen molar-refractivity contribution in [1.29, 1.82) is 0 Å². The van der Waals surface area contributed by atoms with Gasteiger partial charge in [0.2, 0.25) is 5.82 Å². The first-order valence-electron chi connectivity index (χ1n) is 9.44. The van der Waals surface area contributed by atoms with Crippen molar-refractivity contribution in [2.24, 2.45) is 0 Å². The van der Waals surface area contributed by atoms with E-state index in [-0.39, 0.29) is 37.3 Å². The van der Waals surface area contributed by atoms with Gasteiger partial charge in [-0.3, -0.25) is 0 Å². The van der Waals surface area contributed by atoms with Gasteiger partial charge in [0.15, 0.2) is 11.6 Å². The third-order valence-electron chi connectivity index (χ3n) is 4.79. The summed E-state index contributed by atoms with van der Waals surface area (Å²) in [7, 11) is 0. The molecule has 0 aliphatic heterocycles. The first-order chi connectivity index (χ1) is 14.8. The normalized spacial score (nSPS) is 11.7. The van der Waals surface area contributed by atoms with Crippen molar-refractivity contribution in [3.63, 3.8) is 0 Å². The van der Waals surface area contributed by atoms with Crippen molar-refractivity contribution in [2.75, 3.05) is 6.61 Å². The van der Waals surface area contributed by atoms with E-state index in [0.29, 0.717) is 11.3 Å². The lowest BCUT2D eigenvalue weighted by Crippen LogP contribution is -2.13. The molecule has 3 aromatic rings. The van der Waals surface area contributed by atoms with Gasteiger partial charge in [-0.05, 0) is 48.2 Å². The van der Waals surface area contributed by atoms with Crippen molar-refractivity contribution in [2.45, 2.75) is 32.2 Å². The number of hydrogen-bond donors (Lipinski definition) is 2. The topological polar surface area (TPSA) is 54.6 Å². The van der Waals surface area contributed by atoms with Gasteiger partial charge in [-0.15, -0.1) is 0 Å². The lowest BCUT2D eigenvalue weighted by atomic mass is 10.1. The van der Waals surface area contributed by atoms with Gasteiger partial charge in [0.25, 0.3) is 0 Å². The molecule has 0 saturated carbocycles. The summed E-state index contributed by atoms with van der Waals surface area (Å²) in [6.07, 6.45) is -3.10. The molecule has 0 fully saturated rings. The average molecular weight is 441 g/mol. The molecule has 0 aliphatic rings. The molecule has 0 spiro atoms. The van der Waals surface area contributed by atoms with E-state index in [4.69, 9.17) is 14.9 Å². The summed E-state index contributed by atoms with van der Waals surface area (Å²) < 4.78 is 75.5. The molecular weight excluding hydrogens is 421 g/mol. The van der Waals surface area contributed by atoms with E-state index in [9.17, 15) is 22.0 Å². The van der Waals surface area contributed by atoms with Crippen LogP contribution in [0.5, 0.6) is 5.75 Å². The zero-order valence-corrected chi connectivity index (χ0v) is 16.3. The number of ether oxygens (including phenoxy) is 1. The molecule has 0 saturated heterocycles. The molecule has 4 nitrogen and oxygen atoms in total. The standard InChI is InChI=1S/C22H20F5NO3/c23-20-15(2-1-11-29)5-8-19(21(20)24)31-13-18-17(22(25,26)27)9-10-28(18)16-6-3-14(12-30)4-7-16/h3-10,29-30H,1-2,11-13H2. The van der Waals surface area contributed by atoms with Crippen LogP contribution in [0.1, 0.15) is 28.8 Å². The second-order valence-electron chi connectivity index (χ2n) is 6.84. The van der Waals surface area contributed by atoms with Crippen LogP contribution in [0, 0.1) is 11.6 Å². The molecule has 0 aliphatic carbocycles. The van der Waals surface area contributed by atoms with Gasteiger partial charge >= 0.3 is 6.18 Å². The minimum absolute atomic E-state index is 0.0437. The van der Waals surface area contributed by atoms with E-state index in [1.807, 2.05) is 0 Å². The Kier molecular flexibility index (Phi) is 6.97. The fourth-order valence-corrected chi connectivity index (χ4v) is 3.17. The van der Waals surface area contributed by atoms with E-state index in [1.165, 1.54) is 29.0 Å². The summed E-state index contributed by atoms with van der Waals surface area (Å²) in [4.78, 5) is 0. The van der Waals surface area contributed by atoms with Gasteiger partial charge in [-0.25, -0.2) is 4.39 Å². The predicted molar refractivity (Wildman–Crippen MR) is 103 cm³/mol.